The van der Waals surface area contributed by atoms with E-state index in [1.807, 2.05) is 40.7 Å². The van der Waals surface area contributed by atoms with Gasteiger partial charge >= 0.3 is 0 Å². The fourth-order valence-corrected chi connectivity index (χ4v) is 2.65. The summed E-state index contributed by atoms with van der Waals surface area (Å²) in [7, 11) is 0. The summed E-state index contributed by atoms with van der Waals surface area (Å²) in [6.07, 6.45) is 1.96. The molecule has 0 aromatic carbocycles. The Balaban J connectivity index is 2.65. The van der Waals surface area contributed by atoms with Crippen LogP contribution in [0, 0.1) is 5.41 Å². The van der Waals surface area contributed by atoms with Crippen molar-refractivity contribution in [2.24, 2.45) is 5.41 Å². The summed E-state index contributed by atoms with van der Waals surface area (Å²) in [6.45, 7) is 9.85. The van der Waals surface area contributed by atoms with Crippen LogP contribution in [-0.4, -0.2) is 17.0 Å². The number of hydrogen-bond acceptors (Lipinski definition) is 2. The lowest BCUT2D eigenvalue weighted by Crippen LogP contribution is -2.45. The minimum Gasteiger partial charge on any atom is -0.352 e. The first-order valence-corrected chi connectivity index (χ1v) is 4.69. The zero-order valence-corrected chi connectivity index (χ0v) is 8.89. The van der Waals surface area contributed by atoms with E-state index < -0.39 is 11.2 Å². The molecule has 0 amide bonds. The van der Waals surface area contributed by atoms with E-state index in [1.165, 1.54) is 5.57 Å². The predicted molar refractivity (Wildman–Crippen MR) is 50.4 cm³/mol. The van der Waals surface area contributed by atoms with Gasteiger partial charge in [-0.05, 0) is 46.3 Å². The number of carbonyl (C=O) groups is 1. The second-order valence-electron chi connectivity index (χ2n) is 5.02. The molecule has 0 spiro atoms. The third-order valence-corrected chi connectivity index (χ3v) is 3.87. The number of Topliss-reactive ketones (excluding diaryl/α,β-unsaturated/α-hetero) is 1. The van der Waals surface area contributed by atoms with E-state index in [2.05, 4.69) is 0 Å². The largest absolute Gasteiger partial charge is 0.352 e. The van der Waals surface area contributed by atoms with Gasteiger partial charge in [0.2, 0.25) is 0 Å². The average Bonchev–Trinajstić information content (AvgIpc) is 2.28. The number of rotatable bonds is 0. The summed E-state index contributed by atoms with van der Waals surface area (Å²) in [4.78, 5) is 12.0. The molecular formula is C11H16O2. The Kier molecular flexibility index (Phi) is 1.31. The molecule has 2 unspecified atom stereocenters. The smallest absolute Gasteiger partial charge is 0.177 e. The highest BCUT2D eigenvalue weighted by Crippen LogP contribution is 2.57. The van der Waals surface area contributed by atoms with Gasteiger partial charge in [0.15, 0.2) is 5.78 Å². The summed E-state index contributed by atoms with van der Waals surface area (Å²) >= 11 is 0. The number of hydrogen-bond donors (Lipinski definition) is 0. The summed E-state index contributed by atoms with van der Waals surface area (Å²) in [5, 5.41) is 0. The van der Waals surface area contributed by atoms with E-state index in [0.29, 0.717) is 0 Å². The molecule has 2 bridgehead atoms. The van der Waals surface area contributed by atoms with Crippen LogP contribution in [0.1, 0.15) is 34.6 Å². The van der Waals surface area contributed by atoms with Crippen molar-refractivity contribution >= 4 is 5.78 Å². The van der Waals surface area contributed by atoms with Gasteiger partial charge in [0.05, 0.1) is 5.41 Å². The van der Waals surface area contributed by atoms with Crippen LogP contribution >= 0.6 is 0 Å². The highest BCUT2D eigenvalue weighted by atomic mass is 16.5. The van der Waals surface area contributed by atoms with Gasteiger partial charge in [0, 0.05) is 0 Å². The number of ether oxygens (including phenoxy) is 1. The van der Waals surface area contributed by atoms with E-state index in [0.717, 1.165) is 0 Å². The molecular weight excluding hydrogens is 164 g/mol. The molecule has 2 nitrogen and oxygen atoms in total. The molecule has 2 heteroatoms. The Bertz CT molecular complexity index is 327. The molecule has 72 valence electrons. The van der Waals surface area contributed by atoms with Gasteiger partial charge in [-0.25, -0.2) is 0 Å². The fraction of sp³-hybridized carbons (Fsp3) is 0.727. The van der Waals surface area contributed by atoms with Crippen molar-refractivity contribution in [3.8, 4) is 0 Å². The molecule has 13 heavy (non-hydrogen) atoms. The van der Waals surface area contributed by atoms with Gasteiger partial charge in [-0.15, -0.1) is 0 Å². The van der Waals surface area contributed by atoms with Crippen LogP contribution in [-0.2, 0) is 9.53 Å². The maximum atomic E-state index is 12.0. The van der Waals surface area contributed by atoms with Crippen molar-refractivity contribution in [3.63, 3.8) is 0 Å². The third-order valence-electron chi connectivity index (χ3n) is 3.87. The van der Waals surface area contributed by atoms with Gasteiger partial charge in [-0.3, -0.25) is 4.79 Å². The monoisotopic (exact) mass is 180 g/mol. The Morgan fingerprint density at radius 1 is 1.23 bits per heavy atom. The molecule has 2 rings (SSSR count). The molecule has 2 aliphatic rings. The average molecular weight is 180 g/mol. The normalized spacial score (nSPS) is 46.8. The van der Waals surface area contributed by atoms with E-state index >= 15 is 0 Å². The van der Waals surface area contributed by atoms with E-state index in [-0.39, 0.29) is 11.2 Å². The second kappa shape index (κ2) is 1.90. The molecule has 1 saturated heterocycles. The second-order valence-corrected chi connectivity index (χ2v) is 5.02. The van der Waals surface area contributed by atoms with Crippen LogP contribution in [0.3, 0.4) is 0 Å². The summed E-state index contributed by atoms with van der Waals surface area (Å²) in [6, 6.07) is 0. The maximum absolute atomic E-state index is 12.0. The van der Waals surface area contributed by atoms with Gasteiger partial charge in [0.1, 0.15) is 11.2 Å². The molecule has 0 saturated carbocycles. The molecule has 0 radical (unpaired) electrons. The SMILES string of the molecule is CC1=CC2(C)OC1(C)C(C)(C)C2=O. The van der Waals surface area contributed by atoms with Crippen molar-refractivity contribution in [1.29, 1.82) is 0 Å². The Morgan fingerprint density at radius 2 is 1.77 bits per heavy atom. The van der Waals surface area contributed by atoms with Gasteiger partial charge in [-0.1, -0.05) is 0 Å². The molecule has 2 aliphatic heterocycles. The minimum absolute atomic E-state index is 0.202. The lowest BCUT2D eigenvalue weighted by Gasteiger charge is -2.35. The topological polar surface area (TPSA) is 26.3 Å². The zero-order chi connectivity index (χ0) is 10.1. The standard InChI is InChI=1S/C11H16O2/c1-7-6-10(4)8(12)9(2,3)11(7,5)13-10/h6H,1-5H3. The predicted octanol–water partition coefficient (Wildman–Crippen LogP) is 2.09. The molecule has 0 aliphatic carbocycles. The quantitative estimate of drug-likeness (QED) is 0.533. The lowest BCUT2D eigenvalue weighted by atomic mass is 9.65. The third kappa shape index (κ3) is 0.715. The van der Waals surface area contributed by atoms with Crippen LogP contribution in [0.15, 0.2) is 11.6 Å². The van der Waals surface area contributed by atoms with E-state index in [4.69, 9.17) is 4.74 Å². The summed E-state index contributed by atoms with van der Waals surface area (Å²) < 4.78 is 5.84. The van der Waals surface area contributed by atoms with Crippen molar-refractivity contribution in [2.45, 2.75) is 45.8 Å². The maximum Gasteiger partial charge on any atom is 0.177 e. The Hall–Kier alpha value is -0.630. The van der Waals surface area contributed by atoms with E-state index in [1.54, 1.807) is 0 Å². The lowest BCUT2D eigenvalue weighted by molar-refractivity contribution is -0.130. The van der Waals surface area contributed by atoms with Crippen LogP contribution in [0.4, 0.5) is 0 Å². The van der Waals surface area contributed by atoms with Crippen LogP contribution in [0.5, 0.6) is 0 Å². The highest BCUT2D eigenvalue weighted by molar-refractivity contribution is 5.99. The van der Waals surface area contributed by atoms with Gasteiger partial charge < -0.3 is 4.74 Å². The molecule has 0 aromatic rings. The van der Waals surface area contributed by atoms with E-state index in [9.17, 15) is 4.79 Å². The zero-order valence-electron chi connectivity index (χ0n) is 8.89. The summed E-state index contributed by atoms with van der Waals surface area (Å²) in [5.41, 5.74) is -0.263. The highest BCUT2D eigenvalue weighted by Gasteiger charge is 2.66. The minimum atomic E-state index is -0.664. The fourth-order valence-electron chi connectivity index (χ4n) is 2.65. The molecule has 0 N–H and O–H groups in total. The van der Waals surface area contributed by atoms with Gasteiger partial charge in [0.25, 0.3) is 0 Å². The first kappa shape index (κ1) is 8.95. The number of carbonyl (C=O) groups excluding carboxylic acids is 1. The Morgan fingerprint density at radius 3 is 2.08 bits per heavy atom. The molecule has 2 heterocycles. The van der Waals surface area contributed by atoms with Gasteiger partial charge in [-0.2, -0.15) is 0 Å². The van der Waals surface area contributed by atoms with Crippen molar-refractivity contribution in [1.82, 2.24) is 0 Å². The van der Waals surface area contributed by atoms with Crippen molar-refractivity contribution in [3.05, 3.63) is 11.6 Å². The molecule has 0 aromatic heterocycles. The number of ketones is 1. The molecule has 2 atom stereocenters. The number of fused-ring (bicyclic) bond motifs is 2. The molecule has 1 fully saturated rings. The van der Waals surface area contributed by atoms with Crippen LogP contribution in [0.25, 0.3) is 0 Å². The van der Waals surface area contributed by atoms with Crippen molar-refractivity contribution < 1.29 is 9.53 Å². The first-order valence-electron chi connectivity index (χ1n) is 4.69. The summed E-state index contributed by atoms with van der Waals surface area (Å²) in [5.74, 6) is 0.202. The van der Waals surface area contributed by atoms with Crippen LogP contribution in [0.2, 0.25) is 0 Å². The van der Waals surface area contributed by atoms with Crippen molar-refractivity contribution in [2.75, 3.05) is 0 Å². The van der Waals surface area contributed by atoms with Crippen LogP contribution < -0.4 is 0 Å². The Labute approximate surface area is 79.0 Å². The first-order chi connectivity index (χ1) is 5.74.